The number of hydrogen-bond acceptors (Lipinski definition) is 3. The molecule has 1 saturated heterocycles. The summed E-state index contributed by atoms with van der Waals surface area (Å²) in [5.74, 6) is 0.313. The topological polar surface area (TPSA) is 58.9 Å². The van der Waals surface area contributed by atoms with Gasteiger partial charge in [-0.15, -0.1) is 12.4 Å². The van der Waals surface area contributed by atoms with E-state index in [1.54, 1.807) is 6.07 Å². The molecule has 5 nitrogen and oxygen atoms in total. The van der Waals surface area contributed by atoms with E-state index in [0.29, 0.717) is 29.4 Å². The molecule has 2 heterocycles. The van der Waals surface area contributed by atoms with Crippen molar-refractivity contribution in [2.75, 3.05) is 13.1 Å². The molecule has 1 aromatic carbocycles. The van der Waals surface area contributed by atoms with Crippen molar-refractivity contribution in [1.29, 1.82) is 0 Å². The number of amides is 1. The summed E-state index contributed by atoms with van der Waals surface area (Å²) in [6.45, 7) is 3.77. The Balaban J connectivity index is 0.00000240. The minimum atomic E-state index is -4.42. The van der Waals surface area contributed by atoms with Gasteiger partial charge in [0.15, 0.2) is 0 Å². The van der Waals surface area contributed by atoms with E-state index in [2.05, 4.69) is 22.7 Å². The molecule has 1 aliphatic heterocycles. The van der Waals surface area contributed by atoms with Crippen LogP contribution in [0.5, 0.6) is 0 Å². The lowest BCUT2D eigenvalue weighted by molar-refractivity contribution is -0.137. The van der Waals surface area contributed by atoms with Gasteiger partial charge in [0.05, 0.1) is 28.7 Å². The molecule has 0 radical (unpaired) electrons. The zero-order valence-corrected chi connectivity index (χ0v) is 16.8. The number of carbonyl (C=O) groups excluding carboxylic acids is 1. The Hall–Kier alpha value is -2.06. The molecule has 2 unspecified atom stereocenters. The first-order chi connectivity index (χ1) is 13.3. The molecule has 2 N–H and O–H groups in total. The largest absolute Gasteiger partial charge is 0.416 e. The molecule has 29 heavy (non-hydrogen) atoms. The van der Waals surface area contributed by atoms with Crippen LogP contribution in [0.15, 0.2) is 30.5 Å². The lowest BCUT2D eigenvalue weighted by Crippen LogP contribution is -2.50. The molecule has 158 valence electrons. The van der Waals surface area contributed by atoms with E-state index in [1.165, 1.54) is 16.9 Å². The van der Waals surface area contributed by atoms with E-state index in [0.717, 1.165) is 37.9 Å². The first kappa shape index (κ1) is 21.6. The average molecular weight is 429 g/mol. The average Bonchev–Trinajstić information content (AvgIpc) is 3.40. The van der Waals surface area contributed by atoms with E-state index in [9.17, 15) is 18.0 Å². The van der Waals surface area contributed by atoms with Crippen LogP contribution in [0.25, 0.3) is 5.69 Å². The van der Waals surface area contributed by atoms with Gasteiger partial charge in [-0.2, -0.15) is 18.3 Å². The number of alkyl halides is 3. The minimum Gasteiger partial charge on any atom is -0.348 e. The summed E-state index contributed by atoms with van der Waals surface area (Å²) in [7, 11) is 0. The third kappa shape index (κ3) is 4.59. The van der Waals surface area contributed by atoms with Crippen LogP contribution in [0.4, 0.5) is 13.2 Å². The molecular weight excluding hydrogens is 405 g/mol. The maximum absolute atomic E-state index is 13.1. The predicted octanol–water partition coefficient (Wildman–Crippen LogP) is 3.92. The number of halogens is 4. The Morgan fingerprint density at radius 2 is 2.03 bits per heavy atom. The Morgan fingerprint density at radius 3 is 2.69 bits per heavy atom. The number of nitrogens with one attached hydrogen (secondary N) is 2. The van der Waals surface area contributed by atoms with Gasteiger partial charge >= 0.3 is 6.18 Å². The van der Waals surface area contributed by atoms with Crippen molar-refractivity contribution in [2.24, 2.45) is 5.92 Å². The van der Waals surface area contributed by atoms with Crippen molar-refractivity contribution >= 4 is 18.3 Å². The fourth-order valence-electron chi connectivity index (χ4n) is 3.73. The fraction of sp³-hybridized carbons (Fsp3) is 0.500. The van der Waals surface area contributed by atoms with Crippen LogP contribution in [0.1, 0.15) is 53.7 Å². The number of carbonyl (C=O) groups is 1. The number of rotatable bonds is 4. The van der Waals surface area contributed by atoms with E-state index in [1.807, 2.05) is 0 Å². The molecule has 2 atom stereocenters. The summed E-state index contributed by atoms with van der Waals surface area (Å²) in [6, 6.07) is 5.10. The summed E-state index contributed by atoms with van der Waals surface area (Å²) >= 11 is 0. The van der Waals surface area contributed by atoms with Crippen LogP contribution < -0.4 is 10.6 Å². The third-order valence-corrected chi connectivity index (χ3v) is 5.58. The quantitative estimate of drug-likeness (QED) is 0.776. The van der Waals surface area contributed by atoms with E-state index < -0.39 is 11.7 Å². The van der Waals surface area contributed by atoms with Gasteiger partial charge in [0, 0.05) is 18.5 Å². The van der Waals surface area contributed by atoms with Crippen molar-refractivity contribution in [3.63, 3.8) is 0 Å². The molecular formula is C20H24ClF3N4O. The predicted molar refractivity (Wildman–Crippen MR) is 106 cm³/mol. The Kier molecular flexibility index (Phi) is 6.24. The first-order valence-corrected chi connectivity index (χ1v) is 9.61. The highest BCUT2D eigenvalue weighted by atomic mass is 35.5. The van der Waals surface area contributed by atoms with Crippen LogP contribution in [0.3, 0.4) is 0 Å². The van der Waals surface area contributed by atoms with E-state index in [-0.39, 0.29) is 30.3 Å². The summed E-state index contributed by atoms with van der Waals surface area (Å²) in [5, 5.41) is 10.6. The molecule has 1 amide bonds. The summed E-state index contributed by atoms with van der Waals surface area (Å²) < 4.78 is 40.7. The van der Waals surface area contributed by atoms with Crippen LogP contribution in [0, 0.1) is 5.92 Å². The van der Waals surface area contributed by atoms with Gasteiger partial charge in [0.2, 0.25) is 0 Å². The standard InChI is InChI=1S/C20H23F3N4O.ClH/c1-12-7-8-24-11-17(12)26-19(28)16-10-25-27(18(16)13-5-6-13)15-4-2-3-14(9-15)20(21,22)23;/h2-4,9-10,12-13,17,24H,5-8,11H2,1H3,(H,26,28);1H. The number of nitrogens with zero attached hydrogens (tertiary/aromatic N) is 2. The second-order valence-electron chi connectivity index (χ2n) is 7.73. The van der Waals surface area contributed by atoms with Gasteiger partial charge < -0.3 is 10.6 Å². The van der Waals surface area contributed by atoms with Gasteiger partial charge in [0.1, 0.15) is 0 Å². The van der Waals surface area contributed by atoms with Gasteiger partial charge in [-0.3, -0.25) is 4.79 Å². The van der Waals surface area contributed by atoms with Gasteiger partial charge in [-0.1, -0.05) is 13.0 Å². The van der Waals surface area contributed by atoms with Crippen LogP contribution >= 0.6 is 12.4 Å². The highest BCUT2D eigenvalue weighted by Crippen LogP contribution is 2.43. The number of piperidine rings is 1. The lowest BCUT2D eigenvalue weighted by Gasteiger charge is -2.30. The van der Waals surface area contributed by atoms with Crippen LogP contribution in [-0.4, -0.2) is 34.8 Å². The molecule has 0 spiro atoms. The Morgan fingerprint density at radius 1 is 1.28 bits per heavy atom. The first-order valence-electron chi connectivity index (χ1n) is 9.61. The molecule has 0 bridgehead atoms. The Labute approximate surface area is 173 Å². The van der Waals surface area contributed by atoms with Crippen molar-refractivity contribution in [2.45, 2.75) is 44.3 Å². The monoisotopic (exact) mass is 428 g/mol. The molecule has 1 saturated carbocycles. The molecule has 2 fully saturated rings. The number of aromatic nitrogens is 2. The highest BCUT2D eigenvalue weighted by molar-refractivity contribution is 5.95. The highest BCUT2D eigenvalue weighted by Gasteiger charge is 2.35. The maximum atomic E-state index is 13.1. The summed E-state index contributed by atoms with van der Waals surface area (Å²) in [5.41, 5.74) is 0.754. The molecule has 2 aliphatic rings. The summed E-state index contributed by atoms with van der Waals surface area (Å²) in [6.07, 6.45) is -0.139. The second-order valence-corrected chi connectivity index (χ2v) is 7.73. The maximum Gasteiger partial charge on any atom is 0.416 e. The Bertz CT molecular complexity index is 879. The normalized spacial score (nSPS) is 22.1. The van der Waals surface area contributed by atoms with Crippen LogP contribution in [0.2, 0.25) is 0 Å². The molecule has 9 heteroatoms. The number of hydrogen-bond donors (Lipinski definition) is 2. The van der Waals surface area contributed by atoms with Gasteiger partial charge in [-0.05, 0) is 49.9 Å². The van der Waals surface area contributed by atoms with Crippen molar-refractivity contribution in [1.82, 2.24) is 20.4 Å². The molecule has 4 rings (SSSR count). The van der Waals surface area contributed by atoms with E-state index >= 15 is 0 Å². The van der Waals surface area contributed by atoms with E-state index in [4.69, 9.17) is 0 Å². The smallest absolute Gasteiger partial charge is 0.348 e. The zero-order valence-electron chi connectivity index (χ0n) is 16.0. The van der Waals surface area contributed by atoms with Crippen molar-refractivity contribution < 1.29 is 18.0 Å². The molecule has 2 aromatic rings. The summed E-state index contributed by atoms with van der Waals surface area (Å²) in [4.78, 5) is 12.9. The minimum absolute atomic E-state index is 0. The fourth-order valence-corrected chi connectivity index (χ4v) is 3.73. The lowest BCUT2D eigenvalue weighted by atomic mass is 9.94. The SMILES string of the molecule is CC1CCNCC1NC(=O)c1cnn(-c2cccc(C(F)(F)F)c2)c1C1CC1.Cl. The van der Waals surface area contributed by atoms with Crippen molar-refractivity contribution in [3.8, 4) is 5.69 Å². The van der Waals surface area contributed by atoms with Crippen LogP contribution in [-0.2, 0) is 6.18 Å². The zero-order chi connectivity index (χ0) is 19.9. The second kappa shape index (κ2) is 8.36. The molecule has 1 aromatic heterocycles. The van der Waals surface area contributed by atoms with Gasteiger partial charge in [-0.25, -0.2) is 4.68 Å². The third-order valence-electron chi connectivity index (χ3n) is 5.58. The number of benzene rings is 1. The van der Waals surface area contributed by atoms with Gasteiger partial charge in [0.25, 0.3) is 5.91 Å². The van der Waals surface area contributed by atoms with Crippen molar-refractivity contribution in [3.05, 3.63) is 47.3 Å². The molecule has 1 aliphatic carbocycles.